The number of amides is 2. The molecule has 0 aliphatic carbocycles. The number of nitrogens with zero attached hydrogens (tertiary/aromatic N) is 3. The zero-order chi connectivity index (χ0) is 29.2. The van der Waals surface area contributed by atoms with Crippen LogP contribution < -0.4 is 15.4 Å². The second-order valence-corrected chi connectivity index (χ2v) is 10.1. The van der Waals surface area contributed by atoms with Gasteiger partial charge < -0.3 is 15.4 Å². The number of aryl methyl sites for hydroxylation is 2. The number of nitrogens with one attached hydrogen (secondary N) is 2. The summed E-state index contributed by atoms with van der Waals surface area (Å²) in [5, 5.41) is 14.5. The Labute approximate surface area is 236 Å². The molecule has 2 aromatic heterocycles. The van der Waals surface area contributed by atoms with Crippen LogP contribution in [0.25, 0.3) is 0 Å². The van der Waals surface area contributed by atoms with Crippen LogP contribution in [0.5, 0.6) is 5.75 Å². The molecule has 0 atom stereocenters. The molecule has 0 unspecified atom stereocenters. The molecule has 2 amide bonds. The summed E-state index contributed by atoms with van der Waals surface area (Å²) in [5.74, 6) is -1.83. The van der Waals surface area contributed by atoms with Crippen LogP contribution in [-0.2, 0) is 35.3 Å². The minimum absolute atomic E-state index is 0.0200. The van der Waals surface area contributed by atoms with Gasteiger partial charge in [-0.05, 0) is 66.3 Å². The van der Waals surface area contributed by atoms with Crippen molar-refractivity contribution in [3.63, 3.8) is 0 Å². The van der Waals surface area contributed by atoms with Crippen molar-refractivity contribution in [2.24, 2.45) is 0 Å². The lowest BCUT2D eigenvalue weighted by molar-refractivity contribution is -0.274. The third-order valence-corrected chi connectivity index (χ3v) is 6.61. The summed E-state index contributed by atoms with van der Waals surface area (Å²) in [7, 11) is 0. The summed E-state index contributed by atoms with van der Waals surface area (Å²) < 4.78 is 55.7. The van der Waals surface area contributed by atoms with E-state index in [0.717, 1.165) is 41.1 Å². The summed E-state index contributed by atoms with van der Waals surface area (Å²) in [6, 6.07) is 13.1. The maximum Gasteiger partial charge on any atom is 0.573 e. The Morgan fingerprint density at radius 2 is 1.61 bits per heavy atom. The van der Waals surface area contributed by atoms with Gasteiger partial charge in [0.2, 0.25) is 16.9 Å². The lowest BCUT2D eigenvalue weighted by Gasteiger charge is -2.11. The molecule has 0 aliphatic heterocycles. The molecule has 2 N–H and O–H groups in total. The van der Waals surface area contributed by atoms with E-state index in [1.54, 1.807) is 24.5 Å². The monoisotopic (exact) mass is 587 g/mol. The minimum Gasteiger partial charge on any atom is -0.406 e. The SMILES string of the molecule is O=C(Cc1cccnc1)Nc1nnc(CCCCc2ccc(NC(=O)Cc3cccc(OC(F)(F)F)c3)c(F)c2)s1. The first kappa shape index (κ1) is 29.6. The second-order valence-electron chi connectivity index (χ2n) is 9.03. The van der Waals surface area contributed by atoms with E-state index in [1.165, 1.54) is 35.6 Å². The van der Waals surface area contributed by atoms with Crippen LogP contribution in [0.1, 0.15) is 34.5 Å². The lowest BCUT2D eigenvalue weighted by atomic mass is 10.1. The van der Waals surface area contributed by atoms with Crippen LogP contribution in [-0.4, -0.2) is 33.4 Å². The van der Waals surface area contributed by atoms with Gasteiger partial charge in [0.05, 0.1) is 18.5 Å². The van der Waals surface area contributed by atoms with Crippen molar-refractivity contribution >= 4 is 34.0 Å². The molecule has 4 rings (SSSR count). The van der Waals surface area contributed by atoms with E-state index in [2.05, 4.69) is 30.6 Å². The number of halogens is 4. The quantitative estimate of drug-likeness (QED) is 0.158. The first-order chi connectivity index (χ1) is 19.6. The summed E-state index contributed by atoms with van der Waals surface area (Å²) in [5.41, 5.74) is 1.81. The fourth-order valence-corrected chi connectivity index (χ4v) is 4.71. The molecule has 214 valence electrons. The molecule has 4 aromatic rings. The number of unbranched alkanes of at least 4 members (excludes halogenated alkanes) is 1. The molecular formula is C28H25F4N5O3S. The minimum atomic E-state index is -4.84. The standard InChI is InChI=1S/C28H25F4N5O3S/c29-22-14-18(10-11-23(22)34-24(38)15-19-6-3-8-21(13-19)40-28(30,31)32)5-1-2-9-26-36-37-27(41-26)35-25(39)16-20-7-4-12-33-17-20/h3-4,6-8,10-14,17H,1-2,5,9,15-16H2,(H,34,38)(H,35,37,39). The molecular weight excluding hydrogens is 562 g/mol. The van der Waals surface area contributed by atoms with E-state index in [0.29, 0.717) is 18.0 Å². The third kappa shape index (κ3) is 9.94. The zero-order valence-electron chi connectivity index (χ0n) is 21.6. The Balaban J connectivity index is 1.19. The Morgan fingerprint density at radius 1 is 0.854 bits per heavy atom. The number of aromatic nitrogens is 3. The van der Waals surface area contributed by atoms with E-state index >= 15 is 0 Å². The van der Waals surface area contributed by atoms with Crippen LogP contribution in [0.15, 0.2) is 67.0 Å². The number of ether oxygens (including phenoxy) is 1. The van der Waals surface area contributed by atoms with Crippen molar-refractivity contribution in [1.82, 2.24) is 15.2 Å². The van der Waals surface area contributed by atoms with Gasteiger partial charge in [0.25, 0.3) is 0 Å². The summed E-state index contributed by atoms with van der Waals surface area (Å²) >= 11 is 1.30. The Morgan fingerprint density at radius 3 is 2.37 bits per heavy atom. The van der Waals surface area contributed by atoms with E-state index in [-0.39, 0.29) is 30.0 Å². The number of benzene rings is 2. The molecule has 8 nitrogen and oxygen atoms in total. The van der Waals surface area contributed by atoms with Gasteiger partial charge in [-0.25, -0.2) is 4.39 Å². The van der Waals surface area contributed by atoms with Gasteiger partial charge in [-0.2, -0.15) is 0 Å². The third-order valence-electron chi connectivity index (χ3n) is 5.71. The Hall–Kier alpha value is -4.39. The van der Waals surface area contributed by atoms with Gasteiger partial charge in [-0.3, -0.25) is 14.6 Å². The van der Waals surface area contributed by atoms with Crippen LogP contribution in [0.3, 0.4) is 0 Å². The van der Waals surface area contributed by atoms with Crippen LogP contribution >= 0.6 is 11.3 Å². The average Bonchev–Trinajstić information content (AvgIpc) is 3.34. The van der Waals surface area contributed by atoms with Crippen molar-refractivity contribution in [1.29, 1.82) is 0 Å². The highest BCUT2D eigenvalue weighted by atomic mass is 32.1. The number of hydrogen-bond acceptors (Lipinski definition) is 7. The largest absolute Gasteiger partial charge is 0.573 e. The number of carbonyl (C=O) groups excluding carboxylic acids is 2. The van der Waals surface area contributed by atoms with Gasteiger partial charge in [-0.1, -0.05) is 35.6 Å². The molecule has 0 bridgehead atoms. The molecule has 0 radical (unpaired) electrons. The predicted molar refractivity (Wildman–Crippen MR) is 145 cm³/mol. The van der Waals surface area contributed by atoms with Crippen LogP contribution in [0.4, 0.5) is 28.4 Å². The maximum absolute atomic E-state index is 14.6. The van der Waals surface area contributed by atoms with Gasteiger partial charge in [-0.15, -0.1) is 23.4 Å². The van der Waals surface area contributed by atoms with E-state index in [9.17, 15) is 27.2 Å². The number of alkyl halides is 3. The molecule has 0 saturated heterocycles. The second kappa shape index (κ2) is 13.8. The molecule has 2 heterocycles. The van der Waals surface area contributed by atoms with Crippen molar-refractivity contribution in [2.75, 3.05) is 10.6 Å². The highest BCUT2D eigenvalue weighted by molar-refractivity contribution is 7.15. The van der Waals surface area contributed by atoms with Gasteiger partial charge >= 0.3 is 6.36 Å². The molecule has 2 aromatic carbocycles. The number of carbonyl (C=O) groups is 2. The van der Waals surface area contributed by atoms with Crippen molar-refractivity contribution < 1.29 is 31.9 Å². The Kier molecular flexibility index (Phi) is 9.95. The number of hydrogen-bond donors (Lipinski definition) is 2. The molecule has 13 heteroatoms. The van der Waals surface area contributed by atoms with Crippen LogP contribution in [0, 0.1) is 5.82 Å². The summed E-state index contributed by atoms with van der Waals surface area (Å²) in [4.78, 5) is 28.5. The smallest absolute Gasteiger partial charge is 0.406 e. The lowest BCUT2D eigenvalue weighted by Crippen LogP contribution is -2.18. The highest BCUT2D eigenvalue weighted by Gasteiger charge is 2.31. The average molecular weight is 588 g/mol. The highest BCUT2D eigenvalue weighted by Crippen LogP contribution is 2.24. The number of anilines is 2. The number of pyridine rings is 1. The van der Waals surface area contributed by atoms with Crippen molar-refractivity contribution in [3.8, 4) is 5.75 Å². The van der Waals surface area contributed by atoms with Gasteiger partial charge in [0, 0.05) is 18.8 Å². The molecule has 0 saturated carbocycles. The summed E-state index contributed by atoms with van der Waals surface area (Å²) in [6.07, 6.45) is 1.15. The van der Waals surface area contributed by atoms with Gasteiger partial charge in [0.1, 0.15) is 16.6 Å². The van der Waals surface area contributed by atoms with Crippen LogP contribution in [0.2, 0.25) is 0 Å². The molecule has 41 heavy (non-hydrogen) atoms. The fraction of sp³-hybridized carbons (Fsp3) is 0.250. The van der Waals surface area contributed by atoms with E-state index < -0.39 is 23.8 Å². The fourth-order valence-electron chi connectivity index (χ4n) is 3.91. The molecule has 0 aliphatic rings. The first-order valence-electron chi connectivity index (χ1n) is 12.6. The summed E-state index contributed by atoms with van der Waals surface area (Å²) in [6.45, 7) is 0. The van der Waals surface area contributed by atoms with Gasteiger partial charge in [0.15, 0.2) is 0 Å². The Bertz CT molecular complexity index is 1480. The maximum atomic E-state index is 14.6. The predicted octanol–water partition coefficient (Wildman–Crippen LogP) is 5.90. The normalized spacial score (nSPS) is 11.2. The zero-order valence-corrected chi connectivity index (χ0v) is 22.4. The van der Waals surface area contributed by atoms with E-state index in [4.69, 9.17) is 0 Å². The van der Waals surface area contributed by atoms with Crippen molar-refractivity contribution in [3.05, 3.63) is 94.5 Å². The van der Waals surface area contributed by atoms with Crippen molar-refractivity contribution in [2.45, 2.75) is 44.9 Å². The van der Waals surface area contributed by atoms with E-state index in [1.807, 2.05) is 6.07 Å². The molecule has 0 spiro atoms. The molecule has 0 fully saturated rings. The topological polar surface area (TPSA) is 106 Å². The number of rotatable bonds is 12. The first-order valence-corrected chi connectivity index (χ1v) is 13.4.